The number of nitrogens with zero attached hydrogens (tertiary/aromatic N) is 1. The van der Waals surface area contributed by atoms with Crippen molar-refractivity contribution >= 4 is 29.1 Å². The van der Waals surface area contributed by atoms with E-state index in [0.29, 0.717) is 12.1 Å². The first-order valence-electron chi connectivity index (χ1n) is 6.69. The molecule has 1 aliphatic carbocycles. The molecular weight excluding hydrogens is 258 g/mol. The Hall–Kier alpha value is -1.32. The number of halogens is 1. The predicted octanol–water partition coefficient (Wildman–Crippen LogP) is 3.34. The topological polar surface area (TPSA) is 50.9 Å². The van der Waals surface area contributed by atoms with Crippen molar-refractivity contribution in [3.05, 3.63) is 36.4 Å². The highest BCUT2D eigenvalue weighted by Gasteiger charge is 2.18. The second-order valence-corrected chi connectivity index (χ2v) is 5.15. The third-order valence-corrected chi connectivity index (χ3v) is 3.72. The Bertz CT molecular complexity index is 536. The molecule has 0 atom stereocenters. The smallest absolute Gasteiger partial charge is 0.126 e. The SMILES string of the molecule is Cl.N[C@H]1CC[C@@H](Nc2ccc3ccccc3n2)CC1. The Morgan fingerprint density at radius 3 is 2.53 bits per heavy atom. The van der Waals surface area contributed by atoms with Gasteiger partial charge in [-0.3, -0.25) is 0 Å². The van der Waals surface area contributed by atoms with E-state index in [-0.39, 0.29) is 12.4 Å². The van der Waals surface area contributed by atoms with Crippen LogP contribution in [0, 0.1) is 0 Å². The first-order valence-corrected chi connectivity index (χ1v) is 6.69. The van der Waals surface area contributed by atoms with Crippen molar-refractivity contribution in [2.45, 2.75) is 37.8 Å². The monoisotopic (exact) mass is 277 g/mol. The molecule has 3 nitrogen and oxygen atoms in total. The predicted molar refractivity (Wildman–Crippen MR) is 82.8 cm³/mol. The molecular formula is C15H20ClN3. The lowest BCUT2D eigenvalue weighted by atomic mass is 9.92. The first-order chi connectivity index (χ1) is 8.81. The van der Waals surface area contributed by atoms with Gasteiger partial charge in [0, 0.05) is 17.5 Å². The maximum atomic E-state index is 5.92. The lowest BCUT2D eigenvalue weighted by molar-refractivity contribution is 0.410. The number of pyridine rings is 1. The van der Waals surface area contributed by atoms with Gasteiger partial charge in [-0.05, 0) is 43.9 Å². The molecule has 4 heteroatoms. The highest BCUT2D eigenvalue weighted by molar-refractivity contribution is 5.85. The summed E-state index contributed by atoms with van der Waals surface area (Å²) in [7, 11) is 0. The molecule has 19 heavy (non-hydrogen) atoms. The molecule has 0 saturated heterocycles. The first kappa shape index (κ1) is 14.1. The van der Waals surface area contributed by atoms with Gasteiger partial charge in [-0.15, -0.1) is 12.4 Å². The standard InChI is InChI=1S/C15H19N3.ClH/c16-12-6-8-13(9-7-12)17-15-10-5-11-3-1-2-4-14(11)18-15;/h1-5,10,12-13H,6-9,16H2,(H,17,18);1H/t12-,13+;. The zero-order valence-electron chi connectivity index (χ0n) is 10.9. The fourth-order valence-corrected chi connectivity index (χ4v) is 2.62. The summed E-state index contributed by atoms with van der Waals surface area (Å²) in [5, 5.41) is 4.72. The van der Waals surface area contributed by atoms with Gasteiger partial charge in [0.05, 0.1) is 5.52 Å². The second kappa shape index (κ2) is 6.22. The number of para-hydroxylation sites is 1. The van der Waals surface area contributed by atoms with Crippen LogP contribution in [0.3, 0.4) is 0 Å². The Kier molecular flexibility index (Phi) is 4.61. The zero-order valence-corrected chi connectivity index (χ0v) is 11.7. The van der Waals surface area contributed by atoms with Crippen LogP contribution in [0.25, 0.3) is 10.9 Å². The molecule has 0 spiro atoms. The molecule has 1 aromatic carbocycles. The van der Waals surface area contributed by atoms with Crippen LogP contribution < -0.4 is 11.1 Å². The minimum Gasteiger partial charge on any atom is -0.367 e. The maximum absolute atomic E-state index is 5.92. The van der Waals surface area contributed by atoms with Crippen LogP contribution in [-0.2, 0) is 0 Å². The van der Waals surface area contributed by atoms with Gasteiger partial charge in [0.15, 0.2) is 0 Å². The number of hydrogen-bond acceptors (Lipinski definition) is 3. The molecule has 0 aliphatic heterocycles. The third-order valence-electron chi connectivity index (χ3n) is 3.72. The summed E-state index contributed by atoms with van der Waals surface area (Å²) in [6, 6.07) is 13.3. The Labute approximate surface area is 120 Å². The summed E-state index contributed by atoms with van der Waals surface area (Å²) in [6.45, 7) is 0. The van der Waals surface area contributed by atoms with Crippen LogP contribution in [-0.4, -0.2) is 17.1 Å². The summed E-state index contributed by atoms with van der Waals surface area (Å²) in [5.41, 5.74) is 6.97. The van der Waals surface area contributed by atoms with Crippen molar-refractivity contribution in [1.82, 2.24) is 4.98 Å². The molecule has 1 fully saturated rings. The molecule has 0 radical (unpaired) electrons. The van der Waals surface area contributed by atoms with Gasteiger partial charge in [-0.25, -0.2) is 4.98 Å². The van der Waals surface area contributed by atoms with Crippen molar-refractivity contribution in [2.75, 3.05) is 5.32 Å². The van der Waals surface area contributed by atoms with Gasteiger partial charge in [0.25, 0.3) is 0 Å². The molecule has 3 N–H and O–H groups in total. The number of nitrogens with one attached hydrogen (secondary N) is 1. The fourth-order valence-electron chi connectivity index (χ4n) is 2.62. The van der Waals surface area contributed by atoms with E-state index in [4.69, 9.17) is 5.73 Å². The quantitative estimate of drug-likeness (QED) is 0.885. The molecule has 2 aromatic rings. The van der Waals surface area contributed by atoms with Gasteiger partial charge < -0.3 is 11.1 Å². The summed E-state index contributed by atoms with van der Waals surface area (Å²) >= 11 is 0. The van der Waals surface area contributed by atoms with E-state index in [2.05, 4.69) is 34.6 Å². The van der Waals surface area contributed by atoms with Crippen LogP contribution in [0.15, 0.2) is 36.4 Å². The molecule has 0 unspecified atom stereocenters. The van der Waals surface area contributed by atoms with Gasteiger partial charge in [-0.2, -0.15) is 0 Å². The molecule has 1 heterocycles. The van der Waals surface area contributed by atoms with E-state index in [1.165, 1.54) is 5.39 Å². The second-order valence-electron chi connectivity index (χ2n) is 5.15. The number of aromatic nitrogens is 1. The van der Waals surface area contributed by atoms with E-state index in [9.17, 15) is 0 Å². The van der Waals surface area contributed by atoms with Crippen molar-refractivity contribution in [2.24, 2.45) is 5.73 Å². The fraction of sp³-hybridized carbons (Fsp3) is 0.400. The van der Waals surface area contributed by atoms with Crippen LogP contribution in [0.2, 0.25) is 0 Å². The number of anilines is 1. The Morgan fingerprint density at radius 2 is 1.74 bits per heavy atom. The molecule has 0 bridgehead atoms. The minimum absolute atomic E-state index is 0. The summed E-state index contributed by atoms with van der Waals surface area (Å²) in [5.74, 6) is 0.981. The molecule has 0 amide bonds. The summed E-state index contributed by atoms with van der Waals surface area (Å²) < 4.78 is 0. The van der Waals surface area contributed by atoms with Crippen molar-refractivity contribution in [3.63, 3.8) is 0 Å². The molecule has 1 saturated carbocycles. The maximum Gasteiger partial charge on any atom is 0.126 e. The minimum atomic E-state index is 0. The van der Waals surface area contributed by atoms with Crippen LogP contribution >= 0.6 is 12.4 Å². The average molecular weight is 278 g/mol. The lowest BCUT2D eigenvalue weighted by Gasteiger charge is -2.27. The number of rotatable bonds is 2. The van der Waals surface area contributed by atoms with Crippen LogP contribution in [0.4, 0.5) is 5.82 Å². The number of fused-ring (bicyclic) bond motifs is 1. The van der Waals surface area contributed by atoms with Crippen LogP contribution in [0.5, 0.6) is 0 Å². The lowest BCUT2D eigenvalue weighted by Crippen LogP contribution is -2.32. The largest absolute Gasteiger partial charge is 0.367 e. The number of benzene rings is 1. The summed E-state index contributed by atoms with van der Waals surface area (Å²) in [6.07, 6.45) is 4.53. The van der Waals surface area contributed by atoms with E-state index >= 15 is 0 Å². The van der Waals surface area contributed by atoms with Gasteiger partial charge in [-0.1, -0.05) is 18.2 Å². The normalized spacial score (nSPS) is 22.8. The van der Waals surface area contributed by atoms with Gasteiger partial charge in [0.2, 0.25) is 0 Å². The highest BCUT2D eigenvalue weighted by atomic mass is 35.5. The van der Waals surface area contributed by atoms with E-state index in [0.717, 1.165) is 37.0 Å². The van der Waals surface area contributed by atoms with E-state index < -0.39 is 0 Å². The molecule has 102 valence electrons. The number of nitrogens with two attached hydrogens (primary N) is 1. The van der Waals surface area contributed by atoms with Crippen molar-refractivity contribution in [3.8, 4) is 0 Å². The van der Waals surface area contributed by atoms with E-state index in [1.54, 1.807) is 0 Å². The molecule has 1 aliphatic rings. The molecule has 1 aromatic heterocycles. The Morgan fingerprint density at radius 1 is 1.00 bits per heavy atom. The van der Waals surface area contributed by atoms with Crippen molar-refractivity contribution in [1.29, 1.82) is 0 Å². The van der Waals surface area contributed by atoms with E-state index in [1.807, 2.05) is 12.1 Å². The zero-order chi connectivity index (χ0) is 12.4. The highest BCUT2D eigenvalue weighted by Crippen LogP contribution is 2.21. The van der Waals surface area contributed by atoms with Gasteiger partial charge >= 0.3 is 0 Å². The molecule has 3 rings (SSSR count). The third kappa shape index (κ3) is 3.37. The number of hydrogen-bond donors (Lipinski definition) is 2. The van der Waals surface area contributed by atoms with Crippen LogP contribution in [0.1, 0.15) is 25.7 Å². The Balaban J connectivity index is 0.00000133. The van der Waals surface area contributed by atoms with Crippen molar-refractivity contribution < 1.29 is 0 Å². The summed E-state index contributed by atoms with van der Waals surface area (Å²) in [4.78, 5) is 4.65. The van der Waals surface area contributed by atoms with Gasteiger partial charge in [0.1, 0.15) is 5.82 Å². The average Bonchev–Trinajstić information content (AvgIpc) is 2.41.